The Hall–Kier alpha value is -2.37. The number of hydrogen-bond acceptors (Lipinski definition) is 8. The summed E-state index contributed by atoms with van der Waals surface area (Å²) in [5.74, 6) is 0.602. The van der Waals surface area contributed by atoms with Crippen LogP contribution in [0.5, 0.6) is 11.5 Å². The third kappa shape index (κ3) is 3.45. The number of aromatic nitrogens is 1. The van der Waals surface area contributed by atoms with E-state index in [2.05, 4.69) is 4.40 Å². The van der Waals surface area contributed by atoms with E-state index in [0.29, 0.717) is 30.2 Å². The van der Waals surface area contributed by atoms with E-state index in [1.807, 2.05) is 0 Å². The number of benzene rings is 1. The Balaban J connectivity index is 1.94. The summed E-state index contributed by atoms with van der Waals surface area (Å²) in [4.78, 5) is 12.0. The van der Waals surface area contributed by atoms with Gasteiger partial charge in [-0.25, -0.2) is 0 Å². The van der Waals surface area contributed by atoms with Gasteiger partial charge in [-0.15, -0.1) is 15.7 Å². The molecule has 2 aromatic heterocycles. The fourth-order valence-electron chi connectivity index (χ4n) is 2.58. The molecule has 11 heteroatoms. The molecule has 0 amide bonds. The molecule has 0 aliphatic carbocycles. The minimum absolute atomic E-state index is 0.135. The van der Waals surface area contributed by atoms with Crippen LogP contribution < -0.4 is 14.3 Å². The van der Waals surface area contributed by atoms with Crippen LogP contribution in [0.25, 0.3) is 10.2 Å². The molecule has 3 aromatic rings. The van der Waals surface area contributed by atoms with Crippen LogP contribution in [0.4, 0.5) is 0 Å². The third-order valence-corrected chi connectivity index (χ3v) is 7.61. The van der Waals surface area contributed by atoms with Gasteiger partial charge >= 0.3 is 5.97 Å². The molecule has 3 heterocycles. The molecule has 0 radical (unpaired) electrons. The van der Waals surface area contributed by atoms with Gasteiger partial charge in [0.2, 0.25) is 4.80 Å². The van der Waals surface area contributed by atoms with Crippen molar-refractivity contribution < 1.29 is 27.4 Å². The van der Waals surface area contributed by atoms with Crippen molar-refractivity contribution in [2.45, 2.75) is 10.8 Å². The van der Waals surface area contributed by atoms with E-state index < -0.39 is 16.0 Å². The summed E-state index contributed by atoms with van der Waals surface area (Å²) in [5, 5.41) is 1.67. The molecule has 8 nitrogen and oxygen atoms in total. The average Bonchev–Trinajstić information content (AvgIpc) is 3.29. The SMILES string of the molecule is COC(=O)Cn1/c(=N/S(=O)(=O)c2cccs2)sc2cc3c(cc21)OCCO3. The quantitative estimate of drug-likeness (QED) is 0.592. The lowest BCUT2D eigenvalue weighted by molar-refractivity contribution is -0.141. The zero-order valence-corrected chi connectivity index (χ0v) is 16.5. The second kappa shape index (κ2) is 6.98. The van der Waals surface area contributed by atoms with E-state index in [4.69, 9.17) is 14.2 Å². The zero-order chi connectivity index (χ0) is 19.0. The van der Waals surface area contributed by atoms with Gasteiger partial charge in [-0.3, -0.25) is 4.79 Å². The molecule has 0 bridgehead atoms. The van der Waals surface area contributed by atoms with Crippen molar-refractivity contribution in [3.8, 4) is 11.5 Å². The smallest absolute Gasteiger partial charge is 0.325 e. The maximum atomic E-state index is 12.6. The van der Waals surface area contributed by atoms with Crippen molar-refractivity contribution in [2.75, 3.05) is 20.3 Å². The summed E-state index contributed by atoms with van der Waals surface area (Å²) in [6.07, 6.45) is 0. The largest absolute Gasteiger partial charge is 0.486 e. The summed E-state index contributed by atoms with van der Waals surface area (Å²) in [7, 11) is -2.61. The van der Waals surface area contributed by atoms with Gasteiger partial charge in [0, 0.05) is 12.1 Å². The Kier molecular flexibility index (Phi) is 4.66. The predicted octanol–water partition coefficient (Wildman–Crippen LogP) is 2.00. The van der Waals surface area contributed by atoms with Crippen LogP contribution in [0.2, 0.25) is 0 Å². The normalized spacial score (nSPS) is 14.5. The lowest BCUT2D eigenvalue weighted by atomic mass is 10.2. The fraction of sp³-hybridized carbons (Fsp3) is 0.250. The predicted molar refractivity (Wildman–Crippen MR) is 99.9 cm³/mol. The molecule has 4 rings (SSSR count). The Morgan fingerprint density at radius 3 is 2.70 bits per heavy atom. The monoisotopic (exact) mass is 426 g/mol. The van der Waals surface area contributed by atoms with Gasteiger partial charge in [-0.2, -0.15) is 8.42 Å². The number of methoxy groups -OCH3 is 1. The number of thiophene rings is 1. The number of sulfonamides is 1. The standard InChI is InChI=1S/C16H14N2O6S3/c1-22-14(19)9-18-10-7-11-12(24-5-4-23-11)8-13(10)26-16(18)17-27(20,21)15-3-2-6-25-15/h2-3,6-8H,4-5,9H2,1H3/b17-16-. The zero-order valence-electron chi connectivity index (χ0n) is 14.1. The summed E-state index contributed by atoms with van der Waals surface area (Å²) in [6.45, 7) is 0.689. The first kappa shape index (κ1) is 18.0. The highest BCUT2D eigenvalue weighted by molar-refractivity contribution is 7.92. The lowest BCUT2D eigenvalue weighted by Gasteiger charge is -2.18. The average molecular weight is 426 g/mol. The Morgan fingerprint density at radius 2 is 2.04 bits per heavy atom. The molecular formula is C16H14N2O6S3. The van der Waals surface area contributed by atoms with Crippen LogP contribution in [0.1, 0.15) is 0 Å². The molecule has 27 heavy (non-hydrogen) atoms. The van der Waals surface area contributed by atoms with Crippen molar-refractivity contribution in [1.29, 1.82) is 0 Å². The minimum atomic E-state index is -3.88. The van der Waals surface area contributed by atoms with Gasteiger partial charge in [-0.05, 0) is 11.4 Å². The van der Waals surface area contributed by atoms with Crippen LogP contribution in [-0.4, -0.2) is 39.3 Å². The van der Waals surface area contributed by atoms with Crippen molar-refractivity contribution in [2.24, 2.45) is 4.40 Å². The van der Waals surface area contributed by atoms with Crippen LogP contribution >= 0.6 is 22.7 Å². The Bertz CT molecular complexity index is 1170. The van der Waals surface area contributed by atoms with Crippen LogP contribution in [-0.2, 0) is 26.1 Å². The topological polar surface area (TPSA) is 96.2 Å². The van der Waals surface area contributed by atoms with Crippen molar-refractivity contribution >= 4 is 48.9 Å². The van der Waals surface area contributed by atoms with E-state index in [1.165, 1.54) is 17.7 Å². The number of nitrogens with zero attached hydrogens (tertiary/aromatic N) is 2. The van der Waals surface area contributed by atoms with Crippen LogP contribution in [0.3, 0.4) is 0 Å². The fourth-order valence-corrected chi connectivity index (χ4v) is 5.79. The third-order valence-electron chi connectivity index (χ3n) is 3.81. The van der Waals surface area contributed by atoms with Crippen molar-refractivity contribution in [1.82, 2.24) is 4.57 Å². The number of carbonyl (C=O) groups is 1. The first-order valence-electron chi connectivity index (χ1n) is 7.82. The molecule has 0 spiro atoms. The highest BCUT2D eigenvalue weighted by Gasteiger charge is 2.20. The molecule has 1 aromatic carbocycles. The number of hydrogen-bond donors (Lipinski definition) is 0. The molecule has 0 saturated carbocycles. The molecule has 0 atom stereocenters. The number of ether oxygens (including phenoxy) is 3. The maximum Gasteiger partial charge on any atom is 0.325 e. The summed E-state index contributed by atoms with van der Waals surface area (Å²) in [5.41, 5.74) is 0.620. The van der Waals surface area contributed by atoms with E-state index in [1.54, 1.807) is 23.6 Å². The second-order valence-corrected chi connectivity index (χ2v) is 9.30. The molecule has 0 fully saturated rings. The highest BCUT2D eigenvalue weighted by Crippen LogP contribution is 2.35. The van der Waals surface area contributed by atoms with Gasteiger partial charge in [0.05, 0.1) is 17.3 Å². The molecule has 1 aliphatic heterocycles. The molecule has 0 unspecified atom stereocenters. The number of thiazole rings is 1. The van der Waals surface area contributed by atoms with Gasteiger partial charge in [0.1, 0.15) is 24.0 Å². The Labute approximate surface area is 162 Å². The maximum absolute atomic E-state index is 12.6. The molecule has 142 valence electrons. The van der Waals surface area contributed by atoms with Gasteiger partial charge in [0.25, 0.3) is 10.0 Å². The van der Waals surface area contributed by atoms with Crippen LogP contribution in [0, 0.1) is 0 Å². The van der Waals surface area contributed by atoms with Gasteiger partial charge in [-0.1, -0.05) is 17.4 Å². The lowest BCUT2D eigenvalue weighted by Crippen LogP contribution is -2.22. The van der Waals surface area contributed by atoms with Crippen LogP contribution in [0.15, 0.2) is 38.3 Å². The molecule has 0 saturated heterocycles. The van der Waals surface area contributed by atoms with Crippen molar-refractivity contribution in [3.63, 3.8) is 0 Å². The first-order chi connectivity index (χ1) is 13.0. The number of rotatable bonds is 4. The van der Waals surface area contributed by atoms with Crippen molar-refractivity contribution in [3.05, 3.63) is 34.4 Å². The van der Waals surface area contributed by atoms with Gasteiger partial charge in [0.15, 0.2) is 11.5 Å². The highest BCUT2D eigenvalue weighted by atomic mass is 32.2. The first-order valence-corrected chi connectivity index (χ1v) is 11.0. The molecule has 0 N–H and O–H groups in total. The second-order valence-electron chi connectivity index (χ2n) is 5.51. The minimum Gasteiger partial charge on any atom is -0.486 e. The number of esters is 1. The van der Waals surface area contributed by atoms with E-state index in [-0.39, 0.29) is 15.6 Å². The summed E-state index contributed by atoms with van der Waals surface area (Å²) < 4.78 is 47.4. The summed E-state index contributed by atoms with van der Waals surface area (Å²) >= 11 is 2.23. The van der Waals surface area contributed by atoms with E-state index in [0.717, 1.165) is 27.4 Å². The van der Waals surface area contributed by atoms with E-state index in [9.17, 15) is 13.2 Å². The number of carbonyl (C=O) groups excluding carboxylic acids is 1. The van der Waals surface area contributed by atoms with E-state index >= 15 is 0 Å². The Morgan fingerprint density at radius 1 is 1.30 bits per heavy atom. The van der Waals surface area contributed by atoms with Gasteiger partial charge < -0.3 is 18.8 Å². The molecular weight excluding hydrogens is 412 g/mol. The molecule has 1 aliphatic rings. The number of fused-ring (bicyclic) bond motifs is 2. The summed E-state index contributed by atoms with van der Waals surface area (Å²) in [6, 6.07) is 6.62.